The Bertz CT molecular complexity index is 268. The lowest BCUT2D eigenvalue weighted by molar-refractivity contribution is 0.356. The van der Waals surface area contributed by atoms with E-state index in [-0.39, 0.29) is 0 Å². The number of hydrogen-bond acceptors (Lipinski definition) is 3. The molecule has 0 atom stereocenters. The predicted molar refractivity (Wildman–Crippen MR) is 57.9 cm³/mol. The van der Waals surface area contributed by atoms with E-state index < -0.39 is 0 Å². The van der Waals surface area contributed by atoms with Crippen molar-refractivity contribution in [3.8, 4) is 0 Å². The molecule has 0 saturated heterocycles. The molecule has 1 fully saturated rings. The van der Waals surface area contributed by atoms with Crippen molar-refractivity contribution in [3.63, 3.8) is 0 Å². The molecule has 0 aromatic carbocycles. The molecule has 0 amide bonds. The number of hydrogen-bond donors (Lipinski definition) is 0. The molecule has 1 heterocycles. The molecule has 1 aromatic rings. The van der Waals surface area contributed by atoms with Gasteiger partial charge in [-0.15, -0.1) is 10.2 Å². The van der Waals surface area contributed by atoms with Crippen LogP contribution < -0.4 is 0 Å². The van der Waals surface area contributed by atoms with Gasteiger partial charge in [-0.3, -0.25) is 0 Å². The zero-order valence-corrected chi connectivity index (χ0v) is 9.90. The van der Waals surface area contributed by atoms with Gasteiger partial charge in [-0.1, -0.05) is 43.4 Å². The highest BCUT2D eigenvalue weighted by molar-refractivity contribution is 9.11. The molecular weight excluding hydrogens is 248 g/mol. The van der Waals surface area contributed by atoms with Crippen molar-refractivity contribution in [2.45, 2.75) is 38.5 Å². The first-order chi connectivity index (χ1) is 6.34. The largest absolute Gasteiger partial charge is 0.183 e. The lowest BCUT2D eigenvalue weighted by Gasteiger charge is -2.19. The maximum Gasteiger partial charge on any atom is 0.183 e. The van der Waals surface area contributed by atoms with Gasteiger partial charge in [-0.2, -0.15) is 0 Å². The van der Waals surface area contributed by atoms with E-state index in [9.17, 15) is 0 Å². The summed E-state index contributed by atoms with van der Waals surface area (Å²) in [6.45, 7) is 0. The van der Waals surface area contributed by atoms with Crippen LogP contribution in [0.5, 0.6) is 0 Å². The Balaban J connectivity index is 1.89. The topological polar surface area (TPSA) is 25.8 Å². The summed E-state index contributed by atoms with van der Waals surface area (Å²) in [5.41, 5.74) is 0. The number of aromatic nitrogens is 2. The summed E-state index contributed by atoms with van der Waals surface area (Å²) < 4.78 is 0.915. The lowest BCUT2D eigenvalue weighted by atomic mass is 9.87. The second kappa shape index (κ2) is 4.51. The molecule has 1 aromatic heterocycles. The minimum Gasteiger partial charge on any atom is -0.143 e. The summed E-state index contributed by atoms with van der Waals surface area (Å²) in [5, 5.41) is 9.29. The van der Waals surface area contributed by atoms with Gasteiger partial charge in [0.2, 0.25) is 0 Å². The summed E-state index contributed by atoms with van der Waals surface area (Å²) in [5.74, 6) is 0.869. The van der Waals surface area contributed by atoms with Crippen LogP contribution in [0.15, 0.2) is 3.92 Å². The molecule has 0 aliphatic heterocycles. The summed E-state index contributed by atoms with van der Waals surface area (Å²) >= 11 is 5.02. The van der Waals surface area contributed by atoms with Crippen molar-refractivity contribution in [2.24, 2.45) is 5.92 Å². The lowest BCUT2D eigenvalue weighted by Crippen LogP contribution is -2.08. The fourth-order valence-corrected chi connectivity index (χ4v) is 3.27. The first kappa shape index (κ1) is 9.59. The SMILES string of the molecule is Brc1nnc(CC2CCCCC2)s1. The Kier molecular flexibility index (Phi) is 3.33. The molecule has 72 valence electrons. The first-order valence-electron chi connectivity index (χ1n) is 4.82. The normalized spacial score (nSPS) is 19.2. The minimum atomic E-state index is 0.869. The van der Waals surface area contributed by atoms with E-state index in [0.29, 0.717) is 0 Å². The zero-order chi connectivity index (χ0) is 9.10. The van der Waals surface area contributed by atoms with E-state index in [2.05, 4.69) is 26.1 Å². The van der Waals surface area contributed by atoms with Crippen LogP contribution in [-0.2, 0) is 6.42 Å². The number of nitrogens with zero attached hydrogens (tertiary/aromatic N) is 2. The summed E-state index contributed by atoms with van der Waals surface area (Å²) in [4.78, 5) is 0. The fourth-order valence-electron chi connectivity index (χ4n) is 1.95. The van der Waals surface area contributed by atoms with Gasteiger partial charge in [-0.05, 0) is 21.8 Å². The van der Waals surface area contributed by atoms with Crippen molar-refractivity contribution in [1.29, 1.82) is 0 Å². The fraction of sp³-hybridized carbons (Fsp3) is 0.778. The Hall–Kier alpha value is 0.0400. The van der Waals surface area contributed by atoms with Gasteiger partial charge in [0.05, 0.1) is 0 Å². The van der Waals surface area contributed by atoms with E-state index in [1.54, 1.807) is 11.3 Å². The quantitative estimate of drug-likeness (QED) is 0.815. The molecule has 1 saturated carbocycles. The first-order valence-corrected chi connectivity index (χ1v) is 6.43. The monoisotopic (exact) mass is 260 g/mol. The molecule has 0 radical (unpaired) electrons. The van der Waals surface area contributed by atoms with E-state index in [0.717, 1.165) is 16.3 Å². The third kappa shape index (κ3) is 2.74. The maximum atomic E-state index is 4.13. The van der Waals surface area contributed by atoms with Crippen LogP contribution in [0.2, 0.25) is 0 Å². The molecule has 13 heavy (non-hydrogen) atoms. The van der Waals surface area contributed by atoms with E-state index in [1.807, 2.05) is 0 Å². The molecule has 1 aliphatic carbocycles. The summed E-state index contributed by atoms with van der Waals surface area (Å²) in [6, 6.07) is 0. The van der Waals surface area contributed by atoms with Gasteiger partial charge in [-0.25, -0.2) is 0 Å². The van der Waals surface area contributed by atoms with Crippen molar-refractivity contribution in [1.82, 2.24) is 10.2 Å². The van der Waals surface area contributed by atoms with Crippen LogP contribution in [0.25, 0.3) is 0 Å². The third-order valence-electron chi connectivity index (χ3n) is 2.63. The van der Waals surface area contributed by atoms with Gasteiger partial charge in [0.15, 0.2) is 3.92 Å². The number of halogens is 1. The highest BCUT2D eigenvalue weighted by Crippen LogP contribution is 2.28. The van der Waals surface area contributed by atoms with Crippen LogP contribution in [0.3, 0.4) is 0 Å². The molecule has 4 heteroatoms. The van der Waals surface area contributed by atoms with Crippen molar-refractivity contribution in [2.75, 3.05) is 0 Å². The van der Waals surface area contributed by atoms with Crippen molar-refractivity contribution in [3.05, 3.63) is 8.92 Å². The Morgan fingerprint density at radius 1 is 1.23 bits per heavy atom. The summed E-state index contributed by atoms with van der Waals surface area (Å²) in [6.07, 6.45) is 8.16. The van der Waals surface area contributed by atoms with Gasteiger partial charge < -0.3 is 0 Å². The standard InChI is InChI=1S/C9H13BrN2S/c10-9-12-11-8(13-9)6-7-4-2-1-3-5-7/h7H,1-6H2. The second-order valence-corrected chi connectivity index (χ2v) is 6.00. The van der Waals surface area contributed by atoms with Crippen LogP contribution >= 0.6 is 27.3 Å². The van der Waals surface area contributed by atoms with E-state index in [1.165, 1.54) is 37.1 Å². The van der Waals surface area contributed by atoms with E-state index >= 15 is 0 Å². The molecule has 2 rings (SSSR count). The highest BCUT2D eigenvalue weighted by atomic mass is 79.9. The van der Waals surface area contributed by atoms with Gasteiger partial charge in [0, 0.05) is 6.42 Å². The maximum absolute atomic E-state index is 4.13. The average molecular weight is 261 g/mol. The van der Waals surface area contributed by atoms with Crippen LogP contribution in [0.4, 0.5) is 0 Å². The smallest absolute Gasteiger partial charge is 0.143 e. The molecular formula is C9H13BrN2S. The second-order valence-electron chi connectivity index (χ2n) is 3.66. The summed E-state index contributed by atoms with van der Waals surface area (Å²) in [7, 11) is 0. The average Bonchev–Trinajstić information content (AvgIpc) is 2.53. The van der Waals surface area contributed by atoms with E-state index in [4.69, 9.17) is 0 Å². The van der Waals surface area contributed by atoms with Crippen molar-refractivity contribution < 1.29 is 0 Å². The molecule has 2 nitrogen and oxygen atoms in total. The van der Waals surface area contributed by atoms with Crippen molar-refractivity contribution >= 4 is 27.3 Å². The van der Waals surface area contributed by atoms with Gasteiger partial charge >= 0.3 is 0 Å². The Labute approximate surface area is 90.9 Å². The molecule has 0 spiro atoms. The predicted octanol–water partition coefficient (Wildman–Crippen LogP) is 3.42. The Morgan fingerprint density at radius 2 is 2.00 bits per heavy atom. The molecule has 0 unspecified atom stereocenters. The highest BCUT2D eigenvalue weighted by Gasteiger charge is 2.15. The molecule has 0 N–H and O–H groups in total. The van der Waals surface area contributed by atoms with Gasteiger partial charge in [0.25, 0.3) is 0 Å². The molecule has 1 aliphatic rings. The number of rotatable bonds is 2. The minimum absolute atomic E-state index is 0.869. The van der Waals surface area contributed by atoms with Crippen LogP contribution in [0.1, 0.15) is 37.1 Å². The van der Waals surface area contributed by atoms with Crippen LogP contribution in [0, 0.1) is 5.92 Å². The van der Waals surface area contributed by atoms with Crippen LogP contribution in [-0.4, -0.2) is 10.2 Å². The zero-order valence-electron chi connectivity index (χ0n) is 7.50. The Morgan fingerprint density at radius 3 is 2.62 bits per heavy atom. The third-order valence-corrected chi connectivity index (χ3v) is 4.01. The van der Waals surface area contributed by atoms with Gasteiger partial charge in [0.1, 0.15) is 5.01 Å². The molecule has 0 bridgehead atoms.